The van der Waals surface area contributed by atoms with Crippen LogP contribution in [0.4, 0.5) is 15.8 Å². The number of ether oxygens (including phenoxy) is 1. The Hall–Kier alpha value is -2.89. The summed E-state index contributed by atoms with van der Waals surface area (Å²) in [5, 5.41) is 13.3. The van der Waals surface area contributed by atoms with Gasteiger partial charge in [-0.05, 0) is 30.7 Å². The summed E-state index contributed by atoms with van der Waals surface area (Å²) in [5.41, 5.74) is -0.0632. The van der Waals surface area contributed by atoms with E-state index in [2.05, 4.69) is 5.32 Å². The van der Waals surface area contributed by atoms with Gasteiger partial charge in [0.1, 0.15) is 5.82 Å². The lowest BCUT2D eigenvalue weighted by Crippen LogP contribution is -2.40. The highest BCUT2D eigenvalue weighted by atomic mass is 32.2. The Kier molecular flexibility index (Phi) is 5.91. The number of halogens is 1. The van der Waals surface area contributed by atoms with Gasteiger partial charge in [-0.15, -0.1) is 0 Å². The molecule has 0 radical (unpaired) electrons. The molecule has 3 rings (SSSR count). The second-order valence-electron chi connectivity index (χ2n) is 6.37. The molecule has 1 fully saturated rings. The van der Waals surface area contributed by atoms with Crippen LogP contribution in [0.2, 0.25) is 0 Å². The number of hydrogen-bond donors (Lipinski definition) is 1. The van der Waals surface area contributed by atoms with E-state index in [-0.39, 0.29) is 42.6 Å². The highest BCUT2D eigenvalue weighted by Gasteiger charge is 2.28. The van der Waals surface area contributed by atoms with E-state index in [1.54, 1.807) is 6.92 Å². The first-order valence-electron chi connectivity index (χ1n) is 8.64. The molecule has 0 atom stereocenters. The summed E-state index contributed by atoms with van der Waals surface area (Å²) in [5.74, 6) is -1.82. The largest absolute Gasteiger partial charge is 0.379 e. The Labute approximate surface area is 166 Å². The van der Waals surface area contributed by atoms with Crippen molar-refractivity contribution in [1.82, 2.24) is 4.31 Å². The Morgan fingerprint density at radius 1 is 1.21 bits per heavy atom. The quantitative estimate of drug-likeness (QED) is 0.582. The zero-order chi connectivity index (χ0) is 21.2. The van der Waals surface area contributed by atoms with E-state index in [9.17, 15) is 27.7 Å². The number of sulfonamides is 1. The van der Waals surface area contributed by atoms with E-state index in [0.717, 1.165) is 24.3 Å². The van der Waals surface area contributed by atoms with Crippen molar-refractivity contribution in [3.8, 4) is 0 Å². The minimum absolute atomic E-state index is 0.130. The van der Waals surface area contributed by atoms with Crippen LogP contribution in [0.15, 0.2) is 41.3 Å². The summed E-state index contributed by atoms with van der Waals surface area (Å²) >= 11 is 0. The third-order valence-electron chi connectivity index (χ3n) is 4.47. The normalized spacial score (nSPS) is 15.1. The lowest BCUT2D eigenvalue weighted by atomic mass is 10.1. The fraction of sp³-hybridized carbons (Fsp3) is 0.278. The predicted molar refractivity (Wildman–Crippen MR) is 102 cm³/mol. The summed E-state index contributed by atoms with van der Waals surface area (Å²) in [6.45, 7) is 2.44. The molecule has 1 N–H and O–H groups in total. The molecular formula is C18H18FN3O6S. The van der Waals surface area contributed by atoms with Gasteiger partial charge in [0.25, 0.3) is 11.6 Å². The number of hydrogen-bond acceptors (Lipinski definition) is 6. The van der Waals surface area contributed by atoms with Crippen molar-refractivity contribution in [2.75, 3.05) is 31.6 Å². The molecule has 154 valence electrons. The van der Waals surface area contributed by atoms with Crippen LogP contribution in [-0.2, 0) is 14.8 Å². The van der Waals surface area contributed by atoms with Crippen LogP contribution in [-0.4, -0.2) is 49.9 Å². The van der Waals surface area contributed by atoms with Crippen molar-refractivity contribution >= 4 is 27.3 Å². The first-order chi connectivity index (χ1) is 13.7. The van der Waals surface area contributed by atoms with Crippen molar-refractivity contribution in [3.05, 3.63) is 63.5 Å². The van der Waals surface area contributed by atoms with Gasteiger partial charge < -0.3 is 10.1 Å². The number of carbonyl (C=O) groups is 1. The highest BCUT2D eigenvalue weighted by molar-refractivity contribution is 7.89. The van der Waals surface area contributed by atoms with E-state index >= 15 is 0 Å². The second kappa shape index (κ2) is 8.23. The Morgan fingerprint density at radius 2 is 1.90 bits per heavy atom. The minimum atomic E-state index is -3.92. The Balaban J connectivity index is 1.91. The fourth-order valence-corrected chi connectivity index (χ4v) is 4.26. The van der Waals surface area contributed by atoms with Gasteiger partial charge in [-0.2, -0.15) is 4.31 Å². The van der Waals surface area contributed by atoms with E-state index in [1.165, 1.54) is 16.4 Å². The SMILES string of the molecule is Cc1ccc([N+](=O)[O-])cc1NC(=O)c1cc(S(=O)(=O)N2CCOCC2)ccc1F. The third kappa shape index (κ3) is 4.42. The van der Waals surface area contributed by atoms with Gasteiger partial charge in [-0.3, -0.25) is 14.9 Å². The van der Waals surface area contributed by atoms with Crippen molar-refractivity contribution < 1.29 is 27.3 Å². The maximum atomic E-state index is 14.3. The molecule has 0 aliphatic carbocycles. The summed E-state index contributed by atoms with van der Waals surface area (Å²) in [6.07, 6.45) is 0. The van der Waals surface area contributed by atoms with Gasteiger partial charge in [-0.1, -0.05) is 6.07 Å². The molecule has 0 aromatic heterocycles. The molecule has 1 amide bonds. The lowest BCUT2D eigenvalue weighted by Gasteiger charge is -2.26. The number of nitro groups is 1. The number of anilines is 1. The average Bonchev–Trinajstić information content (AvgIpc) is 2.70. The standard InChI is InChI=1S/C18H18FN3O6S/c1-12-2-3-13(22(24)25)10-17(12)20-18(23)15-11-14(4-5-16(15)19)29(26,27)21-6-8-28-9-7-21/h2-5,10-11H,6-9H2,1H3,(H,20,23). The summed E-state index contributed by atoms with van der Waals surface area (Å²) in [4.78, 5) is 22.7. The molecule has 2 aromatic carbocycles. The number of carbonyl (C=O) groups excluding carboxylic acids is 1. The van der Waals surface area contributed by atoms with Gasteiger partial charge in [0.05, 0.1) is 34.3 Å². The van der Waals surface area contributed by atoms with E-state index in [4.69, 9.17) is 4.74 Å². The molecule has 0 bridgehead atoms. The smallest absolute Gasteiger partial charge is 0.271 e. The summed E-state index contributed by atoms with van der Waals surface area (Å²) in [6, 6.07) is 6.84. The molecule has 1 aliphatic heterocycles. The number of non-ortho nitro benzene ring substituents is 1. The fourth-order valence-electron chi connectivity index (χ4n) is 2.82. The van der Waals surface area contributed by atoms with Gasteiger partial charge in [-0.25, -0.2) is 12.8 Å². The van der Waals surface area contributed by atoms with Crippen molar-refractivity contribution in [3.63, 3.8) is 0 Å². The lowest BCUT2D eigenvalue weighted by molar-refractivity contribution is -0.384. The molecule has 2 aromatic rings. The number of nitrogens with one attached hydrogen (secondary N) is 1. The summed E-state index contributed by atoms with van der Waals surface area (Å²) < 4.78 is 46.1. The zero-order valence-corrected chi connectivity index (χ0v) is 16.2. The molecular weight excluding hydrogens is 405 g/mol. The zero-order valence-electron chi connectivity index (χ0n) is 15.4. The number of nitrogens with zero attached hydrogens (tertiary/aromatic N) is 2. The number of aryl methyl sites for hydroxylation is 1. The van der Waals surface area contributed by atoms with Gasteiger partial charge in [0.15, 0.2) is 0 Å². The van der Waals surface area contributed by atoms with Crippen LogP contribution in [0, 0.1) is 22.9 Å². The molecule has 1 saturated heterocycles. The molecule has 0 saturated carbocycles. The van der Waals surface area contributed by atoms with Crippen molar-refractivity contribution in [2.45, 2.75) is 11.8 Å². The maximum Gasteiger partial charge on any atom is 0.271 e. The monoisotopic (exact) mass is 423 g/mol. The molecule has 1 heterocycles. The van der Waals surface area contributed by atoms with Crippen molar-refractivity contribution in [1.29, 1.82) is 0 Å². The van der Waals surface area contributed by atoms with Crippen molar-refractivity contribution in [2.24, 2.45) is 0 Å². The molecule has 11 heteroatoms. The number of rotatable bonds is 5. The first kappa shape index (κ1) is 20.8. The molecule has 9 nitrogen and oxygen atoms in total. The highest BCUT2D eigenvalue weighted by Crippen LogP contribution is 2.24. The molecule has 0 spiro atoms. The Morgan fingerprint density at radius 3 is 2.55 bits per heavy atom. The third-order valence-corrected chi connectivity index (χ3v) is 6.37. The van der Waals surface area contributed by atoms with E-state index in [0.29, 0.717) is 5.56 Å². The minimum Gasteiger partial charge on any atom is -0.379 e. The van der Waals surface area contributed by atoms with Crippen LogP contribution < -0.4 is 5.32 Å². The topological polar surface area (TPSA) is 119 Å². The molecule has 0 unspecified atom stereocenters. The maximum absolute atomic E-state index is 14.3. The van der Waals surface area contributed by atoms with Crippen LogP contribution >= 0.6 is 0 Å². The van der Waals surface area contributed by atoms with Crippen LogP contribution in [0.25, 0.3) is 0 Å². The average molecular weight is 423 g/mol. The first-order valence-corrected chi connectivity index (χ1v) is 10.1. The number of amides is 1. The van der Waals surface area contributed by atoms with E-state index in [1.807, 2.05) is 0 Å². The number of nitro benzene ring substituents is 1. The van der Waals surface area contributed by atoms with Gasteiger partial charge >= 0.3 is 0 Å². The Bertz CT molecular complexity index is 1070. The molecule has 29 heavy (non-hydrogen) atoms. The predicted octanol–water partition coefficient (Wildman–Crippen LogP) is 2.32. The van der Waals surface area contributed by atoms with E-state index < -0.39 is 32.2 Å². The van der Waals surface area contributed by atoms with Gasteiger partial charge in [0.2, 0.25) is 10.0 Å². The van der Waals surface area contributed by atoms with Crippen LogP contribution in [0.5, 0.6) is 0 Å². The number of benzene rings is 2. The molecule has 1 aliphatic rings. The van der Waals surface area contributed by atoms with Crippen LogP contribution in [0.3, 0.4) is 0 Å². The van der Waals surface area contributed by atoms with Crippen LogP contribution in [0.1, 0.15) is 15.9 Å². The summed E-state index contributed by atoms with van der Waals surface area (Å²) in [7, 11) is -3.92. The number of morpholine rings is 1. The van der Waals surface area contributed by atoms with Gasteiger partial charge in [0, 0.05) is 25.2 Å². The second-order valence-corrected chi connectivity index (χ2v) is 8.31.